The van der Waals surface area contributed by atoms with Crippen molar-refractivity contribution in [1.29, 1.82) is 0 Å². The summed E-state index contributed by atoms with van der Waals surface area (Å²) in [4.78, 5) is 12.3. The first-order chi connectivity index (χ1) is 16.0. The third-order valence-electron chi connectivity index (χ3n) is 7.43. The van der Waals surface area contributed by atoms with Crippen LogP contribution in [0.1, 0.15) is 96.8 Å². The number of hydrogen-bond acceptors (Lipinski definition) is 3. The lowest BCUT2D eigenvalue weighted by molar-refractivity contribution is -0.141. The molecule has 2 aliphatic rings. The van der Waals surface area contributed by atoms with Gasteiger partial charge in [0.25, 0.3) is 0 Å². The molecule has 0 amide bonds. The van der Waals surface area contributed by atoms with Gasteiger partial charge in [0.15, 0.2) is 17.5 Å². The maximum atomic E-state index is 13.3. The highest BCUT2D eigenvalue weighted by atomic mass is 19.2. The van der Waals surface area contributed by atoms with E-state index >= 15 is 0 Å². The third kappa shape index (κ3) is 8.31. The molecule has 6 heteroatoms. The molecule has 0 aromatic heterocycles. The maximum Gasteiger partial charge on any atom is 0.314 e. The van der Waals surface area contributed by atoms with E-state index in [0.717, 1.165) is 25.4 Å². The first kappa shape index (κ1) is 26.1. The molecule has 2 saturated carbocycles. The van der Waals surface area contributed by atoms with Gasteiger partial charge in [-0.2, -0.15) is 0 Å². The molecule has 0 atom stereocenters. The fraction of sp³-hybridized carbons (Fsp3) is 0.741. The molecule has 3 rings (SSSR count). The number of halogens is 3. The standard InChI is InChI=1S/C27H39F3O3/c1-2-3-4-5-6-7-19-8-10-20(11-9-19)18-32-22-14-12-21(13-15-22)27(31)33-23-16-24(28)26(30)25(29)17-23/h16-17,19-22H,2-15,18H2,1H3. The van der Waals surface area contributed by atoms with Crippen LogP contribution in [0.4, 0.5) is 13.2 Å². The van der Waals surface area contributed by atoms with Crippen LogP contribution >= 0.6 is 0 Å². The van der Waals surface area contributed by atoms with Gasteiger partial charge in [-0.05, 0) is 50.4 Å². The number of hydrogen-bond donors (Lipinski definition) is 0. The van der Waals surface area contributed by atoms with E-state index in [0.29, 0.717) is 30.9 Å². The number of carbonyl (C=O) groups excluding carboxylic acids is 1. The van der Waals surface area contributed by atoms with Crippen LogP contribution in [0.2, 0.25) is 0 Å². The van der Waals surface area contributed by atoms with Gasteiger partial charge in [-0.25, -0.2) is 13.2 Å². The predicted molar refractivity (Wildman–Crippen MR) is 122 cm³/mol. The Hall–Kier alpha value is -1.56. The number of ether oxygens (including phenoxy) is 2. The molecule has 1 aromatic rings. The zero-order chi connectivity index (χ0) is 23.6. The fourth-order valence-corrected chi connectivity index (χ4v) is 5.25. The Balaban J connectivity index is 1.29. The van der Waals surface area contributed by atoms with Gasteiger partial charge >= 0.3 is 5.97 Å². The minimum absolute atomic E-state index is 0.158. The van der Waals surface area contributed by atoms with Crippen LogP contribution in [0.5, 0.6) is 5.75 Å². The van der Waals surface area contributed by atoms with E-state index in [2.05, 4.69) is 6.92 Å². The Morgan fingerprint density at radius 1 is 0.848 bits per heavy atom. The minimum atomic E-state index is -1.57. The summed E-state index contributed by atoms with van der Waals surface area (Å²) in [5.74, 6) is -3.90. The number of benzene rings is 1. The maximum absolute atomic E-state index is 13.3. The SMILES string of the molecule is CCCCCCCC1CCC(COC2CCC(C(=O)Oc3cc(F)c(F)c(F)c3)CC2)CC1. The molecule has 2 fully saturated rings. The summed E-state index contributed by atoms with van der Waals surface area (Å²) in [5, 5.41) is 0. The Morgan fingerprint density at radius 2 is 1.45 bits per heavy atom. The van der Waals surface area contributed by atoms with Gasteiger partial charge in [0.05, 0.1) is 12.0 Å². The lowest BCUT2D eigenvalue weighted by atomic mass is 9.80. The van der Waals surface area contributed by atoms with Crippen LogP contribution in [0, 0.1) is 35.2 Å². The number of esters is 1. The van der Waals surface area contributed by atoms with Crippen molar-refractivity contribution in [3.8, 4) is 5.75 Å². The lowest BCUT2D eigenvalue weighted by Gasteiger charge is -2.31. The average molecular weight is 469 g/mol. The molecule has 0 spiro atoms. The third-order valence-corrected chi connectivity index (χ3v) is 7.43. The molecule has 0 radical (unpaired) electrons. The van der Waals surface area contributed by atoms with Gasteiger partial charge in [-0.3, -0.25) is 4.79 Å². The van der Waals surface area contributed by atoms with Crippen LogP contribution in [0.15, 0.2) is 12.1 Å². The van der Waals surface area contributed by atoms with Crippen molar-refractivity contribution in [2.75, 3.05) is 6.61 Å². The number of carbonyl (C=O) groups is 1. The van der Waals surface area contributed by atoms with E-state index in [1.807, 2.05) is 0 Å². The Morgan fingerprint density at radius 3 is 2.09 bits per heavy atom. The van der Waals surface area contributed by atoms with E-state index in [4.69, 9.17) is 9.47 Å². The Bertz CT molecular complexity index is 715. The van der Waals surface area contributed by atoms with Crippen molar-refractivity contribution in [2.45, 2.75) is 103 Å². The molecule has 0 saturated heterocycles. The Kier molecular flexibility index (Phi) is 10.5. The van der Waals surface area contributed by atoms with Crippen molar-refractivity contribution in [1.82, 2.24) is 0 Å². The lowest BCUT2D eigenvalue weighted by Crippen LogP contribution is -2.30. The molecule has 0 aliphatic heterocycles. The van der Waals surface area contributed by atoms with E-state index in [1.54, 1.807) is 0 Å². The first-order valence-corrected chi connectivity index (χ1v) is 12.9. The molecule has 186 valence electrons. The fourth-order valence-electron chi connectivity index (χ4n) is 5.25. The molecular weight excluding hydrogens is 429 g/mol. The topological polar surface area (TPSA) is 35.5 Å². The van der Waals surface area contributed by atoms with Gasteiger partial charge in [-0.15, -0.1) is 0 Å². The summed E-state index contributed by atoms with van der Waals surface area (Å²) in [7, 11) is 0. The highest BCUT2D eigenvalue weighted by Gasteiger charge is 2.29. The predicted octanol–water partition coefficient (Wildman–Crippen LogP) is 7.75. The summed E-state index contributed by atoms with van der Waals surface area (Å²) in [6.07, 6.45) is 16.3. The molecule has 2 aliphatic carbocycles. The zero-order valence-corrected chi connectivity index (χ0v) is 19.9. The normalized spacial score (nSPS) is 25.7. The van der Waals surface area contributed by atoms with Crippen LogP contribution in [0.25, 0.3) is 0 Å². The van der Waals surface area contributed by atoms with E-state index in [9.17, 15) is 18.0 Å². The molecule has 33 heavy (non-hydrogen) atoms. The highest BCUT2D eigenvalue weighted by molar-refractivity contribution is 5.75. The molecule has 1 aromatic carbocycles. The molecule has 0 unspecified atom stereocenters. The number of rotatable bonds is 11. The van der Waals surface area contributed by atoms with Gasteiger partial charge in [0.2, 0.25) is 0 Å². The molecule has 3 nitrogen and oxygen atoms in total. The second-order valence-corrected chi connectivity index (χ2v) is 10.0. The zero-order valence-electron chi connectivity index (χ0n) is 19.9. The van der Waals surface area contributed by atoms with Gasteiger partial charge < -0.3 is 9.47 Å². The summed E-state index contributed by atoms with van der Waals surface area (Å²) >= 11 is 0. The largest absolute Gasteiger partial charge is 0.426 e. The second-order valence-electron chi connectivity index (χ2n) is 10.0. The van der Waals surface area contributed by atoms with Gasteiger partial charge in [0, 0.05) is 18.7 Å². The van der Waals surface area contributed by atoms with E-state index in [1.165, 1.54) is 64.2 Å². The monoisotopic (exact) mass is 468 g/mol. The van der Waals surface area contributed by atoms with Gasteiger partial charge in [-0.1, -0.05) is 58.3 Å². The summed E-state index contributed by atoms with van der Waals surface area (Å²) in [6, 6.07) is 1.40. The summed E-state index contributed by atoms with van der Waals surface area (Å²) < 4.78 is 51.0. The average Bonchev–Trinajstić information content (AvgIpc) is 2.82. The van der Waals surface area contributed by atoms with Gasteiger partial charge in [0.1, 0.15) is 5.75 Å². The van der Waals surface area contributed by atoms with Crippen LogP contribution in [-0.4, -0.2) is 18.7 Å². The summed E-state index contributed by atoms with van der Waals surface area (Å²) in [5.41, 5.74) is 0. The quantitative estimate of drug-likeness (QED) is 0.144. The molecular formula is C27H39F3O3. The highest BCUT2D eigenvalue weighted by Crippen LogP contribution is 2.34. The van der Waals surface area contributed by atoms with Crippen molar-refractivity contribution in [2.24, 2.45) is 17.8 Å². The van der Waals surface area contributed by atoms with Crippen LogP contribution in [0.3, 0.4) is 0 Å². The van der Waals surface area contributed by atoms with Crippen molar-refractivity contribution >= 4 is 5.97 Å². The Labute approximate surface area is 196 Å². The van der Waals surface area contributed by atoms with Crippen LogP contribution < -0.4 is 4.74 Å². The smallest absolute Gasteiger partial charge is 0.314 e. The van der Waals surface area contributed by atoms with Crippen molar-refractivity contribution < 1.29 is 27.4 Å². The van der Waals surface area contributed by atoms with E-state index < -0.39 is 23.4 Å². The number of unbranched alkanes of at least 4 members (excludes halogenated alkanes) is 4. The van der Waals surface area contributed by atoms with Crippen molar-refractivity contribution in [3.63, 3.8) is 0 Å². The van der Waals surface area contributed by atoms with E-state index in [-0.39, 0.29) is 17.8 Å². The molecule has 0 bridgehead atoms. The summed E-state index contributed by atoms with van der Waals surface area (Å²) in [6.45, 7) is 3.06. The van der Waals surface area contributed by atoms with Crippen LogP contribution in [-0.2, 0) is 9.53 Å². The molecule has 0 heterocycles. The molecule has 0 N–H and O–H groups in total. The minimum Gasteiger partial charge on any atom is -0.426 e. The van der Waals surface area contributed by atoms with Crippen molar-refractivity contribution in [3.05, 3.63) is 29.6 Å². The first-order valence-electron chi connectivity index (χ1n) is 12.9. The second kappa shape index (κ2) is 13.4.